The van der Waals surface area contributed by atoms with Gasteiger partial charge in [-0.1, -0.05) is 46.0 Å². The summed E-state index contributed by atoms with van der Waals surface area (Å²) in [4.78, 5) is 0. The molecule has 0 saturated heterocycles. The quantitative estimate of drug-likeness (QED) is 0.382. The first-order valence-corrected chi connectivity index (χ1v) is 6.93. The van der Waals surface area contributed by atoms with E-state index >= 15 is 0 Å². The summed E-state index contributed by atoms with van der Waals surface area (Å²) in [5.74, 6) is 1.42. The van der Waals surface area contributed by atoms with Gasteiger partial charge in [-0.3, -0.25) is 0 Å². The van der Waals surface area contributed by atoms with Crippen LogP contribution in [0.1, 0.15) is 58.8 Å². The highest BCUT2D eigenvalue weighted by atomic mass is 35.5. The molecule has 0 aliphatic rings. The van der Waals surface area contributed by atoms with Crippen LogP contribution in [0.15, 0.2) is 0 Å². The summed E-state index contributed by atoms with van der Waals surface area (Å²) in [6.45, 7) is 4.44. The van der Waals surface area contributed by atoms with Gasteiger partial charge < -0.3 is 0 Å². The molecule has 0 amide bonds. The van der Waals surface area contributed by atoms with E-state index in [0.717, 1.165) is 6.42 Å². The van der Waals surface area contributed by atoms with Crippen molar-refractivity contribution in [3.05, 3.63) is 0 Å². The van der Waals surface area contributed by atoms with Crippen LogP contribution >= 0.6 is 23.2 Å². The molecule has 0 N–H and O–H groups in total. The normalized spacial score (nSPS) is 12.0. The smallest absolute Gasteiger partial charge is 0.0291 e. The SMILES string of the molecule is CCCCCCCC(CC)(CCl)CCl. The van der Waals surface area contributed by atoms with E-state index in [0.29, 0.717) is 11.8 Å². The molecule has 0 heterocycles. The van der Waals surface area contributed by atoms with Gasteiger partial charge >= 0.3 is 0 Å². The van der Waals surface area contributed by atoms with Crippen molar-refractivity contribution in [3.63, 3.8) is 0 Å². The lowest BCUT2D eigenvalue weighted by Gasteiger charge is -2.27. The fraction of sp³-hybridized carbons (Fsp3) is 1.00. The zero-order valence-corrected chi connectivity index (χ0v) is 11.1. The maximum Gasteiger partial charge on any atom is 0.0291 e. The second-order valence-corrected chi connectivity index (χ2v) is 4.82. The fourth-order valence-corrected chi connectivity index (χ4v) is 2.57. The molecule has 2 heteroatoms. The second-order valence-electron chi connectivity index (χ2n) is 4.29. The van der Waals surface area contributed by atoms with Gasteiger partial charge in [0, 0.05) is 11.8 Å². The lowest BCUT2D eigenvalue weighted by molar-refractivity contribution is 0.318. The third-order valence-electron chi connectivity index (χ3n) is 3.13. The molecule has 0 radical (unpaired) electrons. The zero-order chi connectivity index (χ0) is 10.9. The third kappa shape index (κ3) is 5.46. The molecule has 0 unspecified atom stereocenters. The Hall–Kier alpha value is 0.580. The molecule has 0 aromatic heterocycles. The highest BCUT2D eigenvalue weighted by molar-refractivity contribution is 6.21. The maximum atomic E-state index is 5.98. The summed E-state index contributed by atoms with van der Waals surface area (Å²) in [5.41, 5.74) is 0.204. The summed E-state index contributed by atoms with van der Waals surface area (Å²) in [6, 6.07) is 0. The summed E-state index contributed by atoms with van der Waals surface area (Å²) in [7, 11) is 0. The number of hydrogen-bond donors (Lipinski definition) is 0. The topological polar surface area (TPSA) is 0 Å². The van der Waals surface area contributed by atoms with Gasteiger partial charge in [0.15, 0.2) is 0 Å². The van der Waals surface area contributed by atoms with E-state index in [-0.39, 0.29) is 5.41 Å². The van der Waals surface area contributed by atoms with Crippen molar-refractivity contribution in [2.45, 2.75) is 58.8 Å². The van der Waals surface area contributed by atoms with Gasteiger partial charge in [0.25, 0.3) is 0 Å². The molecule has 0 nitrogen and oxygen atoms in total. The van der Waals surface area contributed by atoms with Crippen molar-refractivity contribution < 1.29 is 0 Å². The van der Waals surface area contributed by atoms with E-state index in [2.05, 4.69) is 13.8 Å². The maximum absolute atomic E-state index is 5.98. The lowest BCUT2D eigenvalue weighted by atomic mass is 9.84. The first-order valence-electron chi connectivity index (χ1n) is 5.86. The Kier molecular flexibility index (Phi) is 9.22. The predicted molar refractivity (Wildman–Crippen MR) is 67.5 cm³/mol. The Bertz CT molecular complexity index is 111. The number of unbranched alkanes of at least 4 members (excludes halogenated alkanes) is 4. The van der Waals surface area contributed by atoms with Crippen LogP contribution in [0.2, 0.25) is 0 Å². The van der Waals surface area contributed by atoms with Gasteiger partial charge in [0.05, 0.1) is 0 Å². The summed E-state index contributed by atoms with van der Waals surface area (Å²) in [6.07, 6.45) is 8.95. The summed E-state index contributed by atoms with van der Waals surface area (Å²) < 4.78 is 0. The third-order valence-corrected chi connectivity index (χ3v) is 4.26. The standard InChI is InChI=1S/C12H24Cl2/c1-3-5-6-7-8-9-12(4-2,10-13)11-14/h3-11H2,1-2H3. The Morgan fingerprint density at radius 3 is 1.86 bits per heavy atom. The highest BCUT2D eigenvalue weighted by Crippen LogP contribution is 2.32. The largest absolute Gasteiger partial charge is 0.126 e. The minimum atomic E-state index is 0.204. The number of rotatable bonds is 9. The lowest BCUT2D eigenvalue weighted by Crippen LogP contribution is -2.24. The van der Waals surface area contributed by atoms with Crippen molar-refractivity contribution in [1.29, 1.82) is 0 Å². The number of alkyl halides is 2. The van der Waals surface area contributed by atoms with Crippen LogP contribution in [0.5, 0.6) is 0 Å². The second kappa shape index (κ2) is 8.85. The van der Waals surface area contributed by atoms with Crippen LogP contribution in [0, 0.1) is 5.41 Å². The van der Waals surface area contributed by atoms with Crippen molar-refractivity contribution in [2.75, 3.05) is 11.8 Å². The van der Waals surface area contributed by atoms with Crippen LogP contribution in [0.25, 0.3) is 0 Å². The summed E-state index contributed by atoms with van der Waals surface area (Å²) >= 11 is 12.0. The van der Waals surface area contributed by atoms with Crippen LogP contribution in [0.3, 0.4) is 0 Å². The molecule has 0 rings (SSSR count). The molecular weight excluding hydrogens is 215 g/mol. The molecule has 0 aliphatic heterocycles. The van der Waals surface area contributed by atoms with Gasteiger partial charge in [-0.05, 0) is 18.3 Å². The first kappa shape index (κ1) is 14.6. The van der Waals surface area contributed by atoms with Crippen LogP contribution in [-0.2, 0) is 0 Å². The van der Waals surface area contributed by atoms with Crippen LogP contribution in [-0.4, -0.2) is 11.8 Å². The van der Waals surface area contributed by atoms with E-state index in [1.807, 2.05) is 0 Å². The molecular formula is C12H24Cl2. The minimum absolute atomic E-state index is 0.204. The fourth-order valence-electron chi connectivity index (χ4n) is 1.64. The van der Waals surface area contributed by atoms with Gasteiger partial charge in [-0.2, -0.15) is 0 Å². The first-order chi connectivity index (χ1) is 6.74. The molecule has 0 spiro atoms. The Labute approximate surface area is 99.4 Å². The predicted octanol–water partition coefficient (Wildman–Crippen LogP) is 5.22. The Morgan fingerprint density at radius 2 is 1.43 bits per heavy atom. The molecule has 0 saturated carbocycles. The van der Waals surface area contributed by atoms with Crippen molar-refractivity contribution in [3.8, 4) is 0 Å². The highest BCUT2D eigenvalue weighted by Gasteiger charge is 2.25. The van der Waals surface area contributed by atoms with Crippen molar-refractivity contribution >= 4 is 23.2 Å². The van der Waals surface area contributed by atoms with E-state index < -0.39 is 0 Å². The summed E-state index contributed by atoms with van der Waals surface area (Å²) in [5, 5.41) is 0. The van der Waals surface area contributed by atoms with Crippen LogP contribution < -0.4 is 0 Å². The van der Waals surface area contributed by atoms with E-state index in [4.69, 9.17) is 23.2 Å². The zero-order valence-electron chi connectivity index (χ0n) is 9.62. The van der Waals surface area contributed by atoms with Crippen molar-refractivity contribution in [2.24, 2.45) is 5.41 Å². The molecule has 14 heavy (non-hydrogen) atoms. The van der Waals surface area contributed by atoms with E-state index in [1.54, 1.807) is 0 Å². The van der Waals surface area contributed by atoms with Crippen molar-refractivity contribution in [1.82, 2.24) is 0 Å². The van der Waals surface area contributed by atoms with Gasteiger partial charge in [0.2, 0.25) is 0 Å². The van der Waals surface area contributed by atoms with E-state index in [1.165, 1.54) is 38.5 Å². The Balaban J connectivity index is 3.61. The number of halogens is 2. The molecule has 0 aromatic carbocycles. The van der Waals surface area contributed by atoms with Crippen LogP contribution in [0.4, 0.5) is 0 Å². The molecule has 0 aliphatic carbocycles. The molecule has 0 bridgehead atoms. The molecule has 0 fully saturated rings. The van der Waals surface area contributed by atoms with E-state index in [9.17, 15) is 0 Å². The Morgan fingerprint density at radius 1 is 0.857 bits per heavy atom. The minimum Gasteiger partial charge on any atom is -0.126 e. The average Bonchev–Trinajstić information content (AvgIpc) is 2.24. The monoisotopic (exact) mass is 238 g/mol. The van der Waals surface area contributed by atoms with Gasteiger partial charge in [-0.15, -0.1) is 23.2 Å². The number of hydrogen-bond acceptors (Lipinski definition) is 0. The van der Waals surface area contributed by atoms with Gasteiger partial charge in [-0.25, -0.2) is 0 Å². The molecule has 86 valence electrons. The molecule has 0 atom stereocenters. The average molecular weight is 239 g/mol. The van der Waals surface area contributed by atoms with Gasteiger partial charge in [0.1, 0.15) is 0 Å². The molecule has 0 aromatic rings.